The lowest BCUT2D eigenvalue weighted by Crippen LogP contribution is -2.51. The van der Waals surface area contributed by atoms with Crippen molar-refractivity contribution in [3.8, 4) is 0 Å². The molecular weight excluding hydrogens is 370 g/mol. The van der Waals surface area contributed by atoms with E-state index in [1.54, 1.807) is 0 Å². The Morgan fingerprint density at radius 2 is 1.61 bits per heavy atom. The Kier molecular flexibility index (Phi) is 6.67. The molecule has 158 valence electrons. The number of amides is 1. The highest BCUT2D eigenvalue weighted by Gasteiger charge is 2.25. The molecule has 1 amide bonds. The van der Waals surface area contributed by atoms with Gasteiger partial charge in [-0.15, -0.1) is 0 Å². The van der Waals surface area contributed by atoms with Crippen molar-refractivity contribution in [2.45, 2.75) is 78.6 Å². The molecule has 0 atom stereocenters. The molecule has 1 aromatic rings. The number of nitrogens with zero attached hydrogens (tertiary/aromatic N) is 4. The van der Waals surface area contributed by atoms with Crippen molar-refractivity contribution >= 4 is 18.1 Å². The van der Waals surface area contributed by atoms with Gasteiger partial charge in [0.05, 0.1) is 13.2 Å². The molecule has 2 aliphatic rings. The summed E-state index contributed by atoms with van der Waals surface area (Å²) >= 11 is 5.87. The fourth-order valence-electron chi connectivity index (χ4n) is 4.50. The van der Waals surface area contributed by atoms with Crippen LogP contribution in [0.4, 0.5) is 0 Å². The number of rotatable bonds is 5. The number of hydrogen-bond donors (Lipinski definition) is 1. The maximum absolute atomic E-state index is 12.2. The SMILES string of the molecule is Cc1c(C)n(C2CCCC2)c(=S)n1CN1CCN(CC(=O)NC(C)(C)C)CC1. The minimum atomic E-state index is -0.169. The van der Waals surface area contributed by atoms with Crippen LogP contribution in [-0.4, -0.2) is 63.1 Å². The minimum Gasteiger partial charge on any atom is -0.350 e. The second kappa shape index (κ2) is 8.67. The Morgan fingerprint density at radius 1 is 1.04 bits per heavy atom. The van der Waals surface area contributed by atoms with Crippen LogP contribution in [0.1, 0.15) is 63.9 Å². The standard InChI is InChI=1S/C21H37N5OS/c1-16-17(2)26(18-8-6-7-9-18)20(28)25(16)15-24-12-10-23(11-13-24)14-19(27)22-21(3,4)5/h18H,6-15H2,1-5H3,(H,22,27). The minimum absolute atomic E-state index is 0.114. The summed E-state index contributed by atoms with van der Waals surface area (Å²) in [5.74, 6) is 0.114. The average molecular weight is 408 g/mol. The van der Waals surface area contributed by atoms with Crippen molar-refractivity contribution in [1.82, 2.24) is 24.3 Å². The molecule has 3 rings (SSSR count). The van der Waals surface area contributed by atoms with Gasteiger partial charge in [-0.05, 0) is 59.7 Å². The van der Waals surface area contributed by atoms with Crippen LogP contribution in [-0.2, 0) is 11.5 Å². The second-order valence-electron chi connectivity index (χ2n) is 9.52. The average Bonchev–Trinajstić information content (AvgIpc) is 3.18. The number of piperazine rings is 1. The molecular formula is C21H37N5OS. The smallest absolute Gasteiger partial charge is 0.234 e. The zero-order chi connectivity index (χ0) is 20.5. The van der Waals surface area contributed by atoms with Crippen molar-refractivity contribution in [3.63, 3.8) is 0 Å². The van der Waals surface area contributed by atoms with Crippen LogP contribution in [0.3, 0.4) is 0 Å². The summed E-state index contributed by atoms with van der Waals surface area (Å²) in [6.45, 7) is 15.6. The van der Waals surface area contributed by atoms with E-state index in [4.69, 9.17) is 12.2 Å². The number of nitrogens with one attached hydrogen (secondary N) is 1. The van der Waals surface area contributed by atoms with Gasteiger partial charge >= 0.3 is 0 Å². The lowest BCUT2D eigenvalue weighted by atomic mass is 10.1. The third kappa shape index (κ3) is 5.05. The van der Waals surface area contributed by atoms with E-state index in [9.17, 15) is 4.79 Å². The lowest BCUT2D eigenvalue weighted by molar-refractivity contribution is -0.124. The molecule has 0 unspecified atom stereocenters. The molecule has 1 saturated heterocycles. The van der Waals surface area contributed by atoms with Crippen molar-refractivity contribution in [3.05, 3.63) is 16.2 Å². The predicted octanol–water partition coefficient (Wildman–Crippen LogP) is 3.24. The third-order valence-electron chi connectivity index (χ3n) is 6.10. The molecule has 1 aliphatic carbocycles. The van der Waals surface area contributed by atoms with E-state index < -0.39 is 0 Å². The predicted molar refractivity (Wildman–Crippen MR) is 116 cm³/mol. The molecule has 0 aromatic carbocycles. The largest absolute Gasteiger partial charge is 0.350 e. The van der Waals surface area contributed by atoms with E-state index in [-0.39, 0.29) is 11.4 Å². The molecule has 1 aliphatic heterocycles. The van der Waals surface area contributed by atoms with Gasteiger partial charge in [0.1, 0.15) is 0 Å². The molecule has 0 radical (unpaired) electrons. The fourth-order valence-corrected chi connectivity index (χ4v) is 4.98. The van der Waals surface area contributed by atoms with Gasteiger partial charge in [0.15, 0.2) is 4.77 Å². The molecule has 1 saturated carbocycles. The van der Waals surface area contributed by atoms with Gasteiger partial charge in [-0.2, -0.15) is 0 Å². The van der Waals surface area contributed by atoms with E-state index in [0.717, 1.165) is 37.6 Å². The van der Waals surface area contributed by atoms with Crippen molar-refractivity contribution in [1.29, 1.82) is 0 Å². The summed E-state index contributed by atoms with van der Waals surface area (Å²) in [7, 11) is 0. The quantitative estimate of drug-likeness (QED) is 0.761. The van der Waals surface area contributed by atoms with Crippen LogP contribution in [0, 0.1) is 18.6 Å². The zero-order valence-corrected chi connectivity index (χ0v) is 19.1. The van der Waals surface area contributed by atoms with Gasteiger partial charge < -0.3 is 14.5 Å². The van der Waals surface area contributed by atoms with Crippen LogP contribution in [0.2, 0.25) is 0 Å². The molecule has 0 bridgehead atoms. The van der Waals surface area contributed by atoms with Gasteiger partial charge in [-0.1, -0.05) is 12.8 Å². The topological polar surface area (TPSA) is 45.4 Å². The van der Waals surface area contributed by atoms with Crippen molar-refractivity contribution in [2.24, 2.45) is 0 Å². The summed E-state index contributed by atoms with van der Waals surface area (Å²) in [5, 5.41) is 3.05. The van der Waals surface area contributed by atoms with E-state index in [2.05, 4.69) is 38.1 Å². The first kappa shape index (κ1) is 21.5. The molecule has 1 aromatic heterocycles. The molecule has 6 nitrogen and oxygen atoms in total. The van der Waals surface area contributed by atoms with Gasteiger partial charge in [-0.25, -0.2) is 0 Å². The Bertz CT molecular complexity index is 746. The summed E-state index contributed by atoms with van der Waals surface area (Å²) in [5.41, 5.74) is 2.45. The van der Waals surface area contributed by atoms with Gasteiger partial charge in [0.25, 0.3) is 0 Å². The van der Waals surface area contributed by atoms with E-state index in [0.29, 0.717) is 12.6 Å². The Labute approximate surface area is 174 Å². The highest BCUT2D eigenvalue weighted by Crippen LogP contribution is 2.32. The Morgan fingerprint density at radius 3 is 2.18 bits per heavy atom. The highest BCUT2D eigenvalue weighted by atomic mass is 32.1. The third-order valence-corrected chi connectivity index (χ3v) is 6.52. The van der Waals surface area contributed by atoms with E-state index in [1.807, 2.05) is 20.8 Å². The summed E-state index contributed by atoms with van der Waals surface area (Å²) in [6.07, 6.45) is 5.16. The molecule has 28 heavy (non-hydrogen) atoms. The van der Waals surface area contributed by atoms with Crippen LogP contribution >= 0.6 is 12.2 Å². The van der Waals surface area contributed by atoms with E-state index >= 15 is 0 Å². The second-order valence-corrected chi connectivity index (χ2v) is 9.89. The first-order valence-electron chi connectivity index (χ1n) is 10.7. The fraction of sp³-hybridized carbons (Fsp3) is 0.810. The molecule has 0 spiro atoms. The number of hydrogen-bond acceptors (Lipinski definition) is 4. The number of carbonyl (C=O) groups is 1. The molecule has 7 heteroatoms. The molecule has 2 heterocycles. The van der Waals surface area contributed by atoms with Crippen molar-refractivity contribution in [2.75, 3.05) is 32.7 Å². The van der Waals surface area contributed by atoms with Gasteiger partial charge in [0.2, 0.25) is 5.91 Å². The zero-order valence-electron chi connectivity index (χ0n) is 18.3. The van der Waals surface area contributed by atoms with Crippen LogP contribution in [0.15, 0.2) is 0 Å². The molecule has 1 N–H and O–H groups in total. The van der Waals surface area contributed by atoms with Crippen molar-refractivity contribution < 1.29 is 4.79 Å². The lowest BCUT2D eigenvalue weighted by Gasteiger charge is -2.35. The first-order valence-corrected chi connectivity index (χ1v) is 11.1. The normalized spacial score (nSPS) is 20.0. The molecule has 2 fully saturated rings. The number of aromatic nitrogens is 2. The van der Waals surface area contributed by atoms with Crippen LogP contribution in [0.25, 0.3) is 0 Å². The van der Waals surface area contributed by atoms with E-state index in [1.165, 1.54) is 37.1 Å². The monoisotopic (exact) mass is 407 g/mol. The van der Waals surface area contributed by atoms with Gasteiger partial charge in [-0.3, -0.25) is 14.6 Å². The maximum Gasteiger partial charge on any atom is 0.234 e. The van der Waals surface area contributed by atoms with Crippen LogP contribution < -0.4 is 5.32 Å². The Balaban J connectivity index is 1.57. The highest BCUT2D eigenvalue weighted by molar-refractivity contribution is 7.71. The summed E-state index contributed by atoms with van der Waals surface area (Å²) < 4.78 is 5.70. The number of carbonyl (C=O) groups excluding carboxylic acids is 1. The Hall–Kier alpha value is -1.18. The van der Waals surface area contributed by atoms with Crippen LogP contribution in [0.5, 0.6) is 0 Å². The first-order chi connectivity index (χ1) is 13.2. The number of imidazole rings is 1. The summed E-state index contributed by atoms with van der Waals surface area (Å²) in [4.78, 5) is 16.9. The summed E-state index contributed by atoms with van der Waals surface area (Å²) in [6, 6.07) is 0.589. The van der Waals surface area contributed by atoms with Gasteiger partial charge in [0, 0.05) is 49.1 Å². The maximum atomic E-state index is 12.2.